The smallest absolute Gasteiger partial charge is 0.229 e. The molecule has 1 fully saturated rings. The van der Waals surface area contributed by atoms with Crippen LogP contribution in [0.25, 0.3) is 0 Å². The third kappa shape index (κ3) is 4.76. The third-order valence-electron chi connectivity index (χ3n) is 4.35. The van der Waals surface area contributed by atoms with Crippen LogP contribution in [-0.2, 0) is 9.47 Å². The summed E-state index contributed by atoms with van der Waals surface area (Å²) in [6.45, 7) is 5.87. The molecule has 1 aromatic rings. The van der Waals surface area contributed by atoms with E-state index in [1.807, 2.05) is 13.8 Å². The molecule has 0 spiro atoms. The maximum Gasteiger partial charge on any atom is 0.229 e. The van der Waals surface area contributed by atoms with Crippen molar-refractivity contribution in [2.45, 2.75) is 45.2 Å². The molecule has 3 rings (SSSR count). The lowest BCUT2D eigenvalue weighted by atomic mass is 10.1. The second-order valence-electron chi connectivity index (χ2n) is 6.49. The van der Waals surface area contributed by atoms with Gasteiger partial charge in [0.25, 0.3) is 0 Å². The van der Waals surface area contributed by atoms with Crippen LogP contribution in [0.3, 0.4) is 0 Å². The first-order valence-electron chi connectivity index (χ1n) is 8.84. The lowest BCUT2D eigenvalue weighted by molar-refractivity contribution is 0.0871. The highest BCUT2D eigenvalue weighted by atomic mass is 35.5. The average molecular weight is 381 g/mol. The van der Waals surface area contributed by atoms with Gasteiger partial charge < -0.3 is 25.8 Å². The molecule has 1 saturated heterocycles. The van der Waals surface area contributed by atoms with Crippen LogP contribution in [0, 0.1) is 0 Å². The molecule has 3 heterocycles. The molecule has 0 aliphatic carbocycles. The predicted molar refractivity (Wildman–Crippen MR) is 102 cm³/mol. The molecular weight excluding hydrogens is 356 g/mol. The van der Waals surface area contributed by atoms with Gasteiger partial charge >= 0.3 is 0 Å². The molecule has 0 aromatic carbocycles. The van der Waals surface area contributed by atoms with E-state index in [4.69, 9.17) is 31.8 Å². The first-order chi connectivity index (χ1) is 12.5. The Morgan fingerprint density at radius 1 is 1.31 bits per heavy atom. The standard InChI is InChI=1S/C17H25ClN6O2/c1-10-3-8-26-15(19)14(11(2)22-12-4-6-25-7-5-12)23-17-20-9-13(18)16(21-10)24-17/h9-10,12H,3-8,19H2,1-2H3,(H2,20,21,23,24)/t10-/m1/s1. The molecule has 26 heavy (non-hydrogen) atoms. The monoisotopic (exact) mass is 380 g/mol. The van der Waals surface area contributed by atoms with Gasteiger partial charge in [-0.3, -0.25) is 4.99 Å². The Balaban J connectivity index is 1.91. The molecule has 2 bridgehead atoms. The molecule has 0 unspecified atom stereocenters. The topological polar surface area (TPSA) is 107 Å². The Bertz CT molecular complexity index is 702. The van der Waals surface area contributed by atoms with E-state index >= 15 is 0 Å². The molecule has 0 saturated carbocycles. The number of allylic oxidation sites excluding steroid dienone is 1. The maximum absolute atomic E-state index is 6.19. The van der Waals surface area contributed by atoms with Gasteiger partial charge in [0.05, 0.1) is 24.6 Å². The summed E-state index contributed by atoms with van der Waals surface area (Å²) in [5.74, 6) is 1.25. The Kier molecular flexibility index (Phi) is 6.16. The molecule has 4 N–H and O–H groups in total. The lowest BCUT2D eigenvalue weighted by Crippen LogP contribution is -2.24. The van der Waals surface area contributed by atoms with Crippen LogP contribution in [0.15, 0.2) is 22.8 Å². The maximum atomic E-state index is 6.19. The second kappa shape index (κ2) is 8.55. The van der Waals surface area contributed by atoms with Crippen LogP contribution in [-0.4, -0.2) is 47.6 Å². The van der Waals surface area contributed by atoms with E-state index in [1.54, 1.807) is 6.20 Å². The minimum absolute atomic E-state index is 0.126. The largest absolute Gasteiger partial charge is 0.478 e. The van der Waals surface area contributed by atoms with Crippen molar-refractivity contribution in [3.05, 3.63) is 22.8 Å². The van der Waals surface area contributed by atoms with Crippen molar-refractivity contribution in [2.75, 3.05) is 30.5 Å². The molecule has 2 aliphatic heterocycles. The molecule has 9 heteroatoms. The number of fused-ring (bicyclic) bond motifs is 2. The van der Waals surface area contributed by atoms with Crippen molar-refractivity contribution < 1.29 is 9.47 Å². The summed E-state index contributed by atoms with van der Waals surface area (Å²) in [6, 6.07) is 0.342. The third-order valence-corrected chi connectivity index (χ3v) is 4.62. The van der Waals surface area contributed by atoms with Crippen LogP contribution >= 0.6 is 11.6 Å². The Labute approximate surface area is 158 Å². The molecule has 0 amide bonds. The first-order valence-corrected chi connectivity index (χ1v) is 9.22. The van der Waals surface area contributed by atoms with E-state index in [0.717, 1.165) is 38.2 Å². The highest BCUT2D eigenvalue weighted by molar-refractivity contribution is 6.32. The summed E-state index contributed by atoms with van der Waals surface area (Å²) >= 11 is 6.19. The summed E-state index contributed by atoms with van der Waals surface area (Å²) in [6.07, 6.45) is 4.10. The Hall–Kier alpha value is -2.06. The highest BCUT2D eigenvalue weighted by Crippen LogP contribution is 2.23. The quantitative estimate of drug-likeness (QED) is 0.676. The zero-order valence-corrected chi connectivity index (χ0v) is 15.8. The zero-order chi connectivity index (χ0) is 18.5. The predicted octanol–water partition coefficient (Wildman–Crippen LogP) is 2.53. The van der Waals surface area contributed by atoms with Crippen molar-refractivity contribution in [3.8, 4) is 0 Å². The van der Waals surface area contributed by atoms with Gasteiger partial charge in [0, 0.05) is 25.7 Å². The van der Waals surface area contributed by atoms with Gasteiger partial charge in [-0.25, -0.2) is 4.98 Å². The van der Waals surface area contributed by atoms with E-state index in [1.165, 1.54) is 0 Å². The second-order valence-corrected chi connectivity index (χ2v) is 6.90. The van der Waals surface area contributed by atoms with Gasteiger partial charge in [-0.1, -0.05) is 11.6 Å². The molecule has 0 radical (unpaired) electrons. The normalized spacial score (nSPS) is 22.7. The molecule has 1 atom stereocenters. The van der Waals surface area contributed by atoms with Crippen LogP contribution in [0.4, 0.5) is 11.8 Å². The highest BCUT2D eigenvalue weighted by Gasteiger charge is 2.18. The molecule has 1 aromatic heterocycles. The van der Waals surface area contributed by atoms with E-state index in [9.17, 15) is 0 Å². The number of nitrogens with two attached hydrogens (primary N) is 1. The number of halogens is 1. The van der Waals surface area contributed by atoms with Gasteiger partial charge in [-0.15, -0.1) is 0 Å². The van der Waals surface area contributed by atoms with E-state index in [2.05, 4.69) is 20.6 Å². The van der Waals surface area contributed by atoms with Gasteiger partial charge in [0.15, 0.2) is 5.82 Å². The molecule has 2 aliphatic rings. The Morgan fingerprint density at radius 3 is 2.85 bits per heavy atom. The number of aliphatic imine (C=N–C) groups is 1. The van der Waals surface area contributed by atoms with Crippen molar-refractivity contribution in [2.24, 2.45) is 10.7 Å². The zero-order valence-electron chi connectivity index (χ0n) is 15.1. The fourth-order valence-corrected chi connectivity index (χ4v) is 2.99. The van der Waals surface area contributed by atoms with Crippen molar-refractivity contribution in [1.29, 1.82) is 0 Å². The summed E-state index contributed by atoms with van der Waals surface area (Å²) in [4.78, 5) is 13.5. The molecule has 8 nitrogen and oxygen atoms in total. The number of nitrogens with zero attached hydrogens (tertiary/aromatic N) is 3. The van der Waals surface area contributed by atoms with E-state index in [-0.39, 0.29) is 18.0 Å². The fourth-order valence-electron chi connectivity index (χ4n) is 2.85. The minimum Gasteiger partial charge on any atom is -0.478 e. The van der Waals surface area contributed by atoms with Crippen molar-refractivity contribution in [3.63, 3.8) is 0 Å². The van der Waals surface area contributed by atoms with Gasteiger partial charge in [-0.05, 0) is 26.7 Å². The van der Waals surface area contributed by atoms with Gasteiger partial charge in [0.2, 0.25) is 11.8 Å². The number of hydrogen-bond acceptors (Lipinski definition) is 8. The van der Waals surface area contributed by atoms with Crippen molar-refractivity contribution >= 4 is 29.1 Å². The van der Waals surface area contributed by atoms with E-state index < -0.39 is 0 Å². The van der Waals surface area contributed by atoms with E-state index in [0.29, 0.717) is 29.1 Å². The SMILES string of the molecule is CC(=NC1CCOCC1)C1=C(N)OCC[C@@H](C)Nc2nc(ncc2Cl)N1. The van der Waals surface area contributed by atoms with Gasteiger partial charge in [0.1, 0.15) is 10.7 Å². The number of ether oxygens (including phenoxy) is 2. The summed E-state index contributed by atoms with van der Waals surface area (Å²) in [5.41, 5.74) is 7.53. The van der Waals surface area contributed by atoms with Crippen molar-refractivity contribution in [1.82, 2.24) is 9.97 Å². The van der Waals surface area contributed by atoms with Crippen LogP contribution < -0.4 is 16.4 Å². The summed E-state index contributed by atoms with van der Waals surface area (Å²) in [7, 11) is 0. The summed E-state index contributed by atoms with van der Waals surface area (Å²) < 4.78 is 11.1. The number of hydrogen-bond donors (Lipinski definition) is 3. The van der Waals surface area contributed by atoms with Crippen LogP contribution in [0.2, 0.25) is 5.02 Å². The van der Waals surface area contributed by atoms with Gasteiger partial charge in [-0.2, -0.15) is 4.98 Å². The first kappa shape index (κ1) is 18.7. The fraction of sp³-hybridized carbons (Fsp3) is 0.588. The number of rotatable bonds is 2. The number of anilines is 2. The number of nitrogens with one attached hydrogen (secondary N) is 2. The lowest BCUT2D eigenvalue weighted by Gasteiger charge is -2.20. The average Bonchev–Trinajstić information content (AvgIpc) is 2.64. The van der Waals surface area contributed by atoms with Crippen LogP contribution in [0.1, 0.15) is 33.1 Å². The molecule has 142 valence electrons. The number of aromatic nitrogens is 2. The Morgan fingerprint density at radius 2 is 2.08 bits per heavy atom. The van der Waals surface area contributed by atoms with Crippen LogP contribution in [0.5, 0.6) is 0 Å². The summed E-state index contributed by atoms with van der Waals surface area (Å²) in [5, 5.41) is 6.88. The minimum atomic E-state index is 0.126. The molecular formula is C17H25ClN6O2.